The lowest BCUT2D eigenvalue weighted by atomic mass is 10.1. The van der Waals surface area contributed by atoms with E-state index in [-0.39, 0.29) is 5.75 Å². The Kier molecular flexibility index (Phi) is 7.19. The lowest BCUT2D eigenvalue weighted by molar-refractivity contribution is 0.539. The SMILES string of the molecule is CNCc1ccc(CS(=O)(=O)NCCCC(C)C)cc1. The van der Waals surface area contributed by atoms with Crippen LogP contribution in [0.5, 0.6) is 0 Å². The van der Waals surface area contributed by atoms with Crippen molar-refractivity contribution >= 4 is 10.0 Å². The molecule has 5 heteroatoms. The fourth-order valence-corrected chi connectivity index (χ4v) is 3.15. The van der Waals surface area contributed by atoms with Crippen LogP contribution in [0.4, 0.5) is 0 Å². The molecular weight excluding hydrogens is 272 g/mol. The molecule has 0 bridgehead atoms. The molecule has 1 rings (SSSR count). The number of benzene rings is 1. The van der Waals surface area contributed by atoms with Gasteiger partial charge in [-0.25, -0.2) is 13.1 Å². The van der Waals surface area contributed by atoms with Crippen molar-refractivity contribution in [1.29, 1.82) is 0 Å². The topological polar surface area (TPSA) is 58.2 Å². The largest absolute Gasteiger partial charge is 0.316 e. The summed E-state index contributed by atoms with van der Waals surface area (Å²) >= 11 is 0. The smallest absolute Gasteiger partial charge is 0.215 e. The van der Waals surface area contributed by atoms with Gasteiger partial charge in [-0.2, -0.15) is 0 Å². The molecule has 0 aliphatic heterocycles. The summed E-state index contributed by atoms with van der Waals surface area (Å²) in [6.07, 6.45) is 1.93. The van der Waals surface area contributed by atoms with Crippen molar-refractivity contribution in [3.8, 4) is 0 Å². The first-order valence-electron chi connectivity index (χ1n) is 7.12. The van der Waals surface area contributed by atoms with Crippen LogP contribution in [0.3, 0.4) is 0 Å². The molecule has 0 fully saturated rings. The monoisotopic (exact) mass is 298 g/mol. The van der Waals surface area contributed by atoms with Crippen molar-refractivity contribution < 1.29 is 8.42 Å². The molecule has 0 heterocycles. The van der Waals surface area contributed by atoms with Crippen molar-refractivity contribution in [3.05, 3.63) is 35.4 Å². The Balaban J connectivity index is 2.45. The van der Waals surface area contributed by atoms with Crippen molar-refractivity contribution in [2.75, 3.05) is 13.6 Å². The quantitative estimate of drug-likeness (QED) is 0.688. The maximum absolute atomic E-state index is 11.9. The fourth-order valence-electron chi connectivity index (χ4n) is 1.97. The molecule has 0 unspecified atom stereocenters. The van der Waals surface area contributed by atoms with Crippen LogP contribution < -0.4 is 10.0 Å². The Morgan fingerprint density at radius 2 is 1.70 bits per heavy atom. The molecule has 1 aromatic carbocycles. The molecule has 0 aliphatic carbocycles. The van der Waals surface area contributed by atoms with Gasteiger partial charge >= 0.3 is 0 Å². The van der Waals surface area contributed by atoms with E-state index in [0.29, 0.717) is 12.5 Å². The number of hydrogen-bond acceptors (Lipinski definition) is 3. The minimum Gasteiger partial charge on any atom is -0.316 e. The first kappa shape index (κ1) is 17.1. The van der Waals surface area contributed by atoms with Crippen molar-refractivity contribution in [2.45, 2.75) is 39.0 Å². The van der Waals surface area contributed by atoms with Crippen molar-refractivity contribution in [3.63, 3.8) is 0 Å². The van der Waals surface area contributed by atoms with Crippen LogP contribution in [0, 0.1) is 5.92 Å². The zero-order chi connectivity index (χ0) is 15.0. The maximum atomic E-state index is 11.9. The Labute approximate surface area is 123 Å². The van der Waals surface area contributed by atoms with Gasteiger partial charge in [0.15, 0.2) is 0 Å². The van der Waals surface area contributed by atoms with Gasteiger partial charge in [-0.15, -0.1) is 0 Å². The predicted molar refractivity (Wildman–Crippen MR) is 83.9 cm³/mol. The van der Waals surface area contributed by atoms with Gasteiger partial charge < -0.3 is 5.32 Å². The maximum Gasteiger partial charge on any atom is 0.215 e. The summed E-state index contributed by atoms with van der Waals surface area (Å²) in [4.78, 5) is 0. The molecule has 114 valence electrons. The van der Waals surface area contributed by atoms with Gasteiger partial charge in [0.25, 0.3) is 0 Å². The molecule has 1 aromatic rings. The summed E-state index contributed by atoms with van der Waals surface area (Å²) in [5.74, 6) is 0.661. The first-order chi connectivity index (χ1) is 9.43. The zero-order valence-electron chi connectivity index (χ0n) is 12.6. The summed E-state index contributed by atoms with van der Waals surface area (Å²) in [7, 11) is -1.33. The van der Waals surface area contributed by atoms with Crippen LogP contribution in [0.25, 0.3) is 0 Å². The van der Waals surface area contributed by atoms with Crippen LogP contribution in [-0.2, 0) is 22.3 Å². The average Bonchev–Trinajstić information content (AvgIpc) is 2.37. The lowest BCUT2D eigenvalue weighted by Crippen LogP contribution is -2.26. The van der Waals surface area contributed by atoms with E-state index < -0.39 is 10.0 Å². The predicted octanol–water partition coefficient (Wildman–Crippen LogP) is 2.26. The Morgan fingerprint density at radius 3 is 2.25 bits per heavy atom. The molecule has 20 heavy (non-hydrogen) atoms. The Hall–Kier alpha value is -0.910. The number of nitrogens with one attached hydrogen (secondary N) is 2. The second kappa shape index (κ2) is 8.39. The summed E-state index contributed by atoms with van der Waals surface area (Å²) in [5.41, 5.74) is 1.97. The van der Waals surface area contributed by atoms with E-state index in [1.54, 1.807) is 0 Å². The minimum atomic E-state index is -3.22. The first-order valence-corrected chi connectivity index (χ1v) is 8.78. The molecule has 0 aliphatic rings. The summed E-state index contributed by atoms with van der Waals surface area (Å²) in [5, 5.41) is 3.06. The molecule has 0 atom stereocenters. The highest BCUT2D eigenvalue weighted by Gasteiger charge is 2.10. The molecule has 2 N–H and O–H groups in total. The van der Waals surface area contributed by atoms with E-state index >= 15 is 0 Å². The van der Waals surface area contributed by atoms with Gasteiger partial charge in [0, 0.05) is 13.1 Å². The third kappa shape index (κ3) is 7.03. The Morgan fingerprint density at radius 1 is 1.10 bits per heavy atom. The standard InChI is InChI=1S/C15H26N2O2S/c1-13(2)5-4-10-17-20(18,19)12-15-8-6-14(7-9-15)11-16-3/h6-9,13,16-17H,4-5,10-12H2,1-3H3. The van der Waals surface area contributed by atoms with Crippen LogP contribution in [0.2, 0.25) is 0 Å². The summed E-state index contributed by atoms with van der Waals surface area (Å²) in [6.45, 7) is 5.60. The van der Waals surface area contributed by atoms with Crippen LogP contribution >= 0.6 is 0 Å². The third-order valence-electron chi connectivity index (χ3n) is 3.04. The molecule has 0 aromatic heterocycles. The third-order valence-corrected chi connectivity index (χ3v) is 4.40. The van der Waals surface area contributed by atoms with Crippen LogP contribution in [0.15, 0.2) is 24.3 Å². The molecule has 0 amide bonds. The molecule has 0 spiro atoms. The molecule has 0 saturated heterocycles. The van der Waals surface area contributed by atoms with E-state index in [9.17, 15) is 8.42 Å². The van der Waals surface area contributed by atoms with Crippen LogP contribution in [0.1, 0.15) is 37.8 Å². The lowest BCUT2D eigenvalue weighted by Gasteiger charge is -2.08. The molecule has 0 radical (unpaired) electrons. The van der Waals surface area contributed by atoms with E-state index in [1.807, 2.05) is 31.3 Å². The highest BCUT2D eigenvalue weighted by atomic mass is 32.2. The van der Waals surface area contributed by atoms with Gasteiger partial charge in [0.1, 0.15) is 0 Å². The highest BCUT2D eigenvalue weighted by molar-refractivity contribution is 7.88. The molecule has 4 nitrogen and oxygen atoms in total. The molecular formula is C15H26N2O2S. The van der Waals surface area contributed by atoms with E-state index in [0.717, 1.165) is 30.5 Å². The fraction of sp³-hybridized carbons (Fsp3) is 0.600. The van der Waals surface area contributed by atoms with Gasteiger partial charge in [-0.1, -0.05) is 38.1 Å². The average molecular weight is 298 g/mol. The van der Waals surface area contributed by atoms with Crippen molar-refractivity contribution in [2.24, 2.45) is 5.92 Å². The van der Waals surface area contributed by atoms with E-state index in [4.69, 9.17) is 0 Å². The number of rotatable bonds is 9. The van der Waals surface area contributed by atoms with Gasteiger partial charge in [-0.3, -0.25) is 0 Å². The normalized spacial score (nSPS) is 12.0. The Bertz CT molecular complexity index is 481. The minimum absolute atomic E-state index is 0.0501. The van der Waals surface area contributed by atoms with E-state index in [2.05, 4.69) is 23.9 Å². The zero-order valence-corrected chi connectivity index (χ0v) is 13.5. The second-order valence-electron chi connectivity index (χ2n) is 5.54. The van der Waals surface area contributed by atoms with Gasteiger partial charge in [-0.05, 0) is 36.9 Å². The van der Waals surface area contributed by atoms with Gasteiger partial charge in [0.2, 0.25) is 10.0 Å². The van der Waals surface area contributed by atoms with E-state index in [1.165, 1.54) is 0 Å². The second-order valence-corrected chi connectivity index (χ2v) is 7.34. The van der Waals surface area contributed by atoms with Crippen LogP contribution in [-0.4, -0.2) is 22.0 Å². The highest BCUT2D eigenvalue weighted by Crippen LogP contribution is 2.08. The number of sulfonamides is 1. The summed E-state index contributed by atoms with van der Waals surface area (Å²) in [6, 6.07) is 7.67. The number of hydrogen-bond donors (Lipinski definition) is 2. The molecule has 0 saturated carbocycles. The summed E-state index contributed by atoms with van der Waals surface area (Å²) < 4.78 is 26.5. The van der Waals surface area contributed by atoms with Gasteiger partial charge in [0.05, 0.1) is 5.75 Å². The van der Waals surface area contributed by atoms with Crippen molar-refractivity contribution in [1.82, 2.24) is 10.0 Å².